The second-order valence-corrected chi connectivity index (χ2v) is 3.86. The van der Waals surface area contributed by atoms with Gasteiger partial charge in [-0.15, -0.1) is 0 Å². The first-order valence-electron chi connectivity index (χ1n) is 6.30. The van der Waals surface area contributed by atoms with E-state index in [1.54, 1.807) is 13.0 Å². The van der Waals surface area contributed by atoms with Crippen LogP contribution in [0.5, 0.6) is 11.5 Å². The van der Waals surface area contributed by atoms with E-state index in [4.69, 9.17) is 14.7 Å². The Morgan fingerprint density at radius 1 is 1.39 bits per heavy atom. The fraction of sp³-hybridized carbons (Fsp3) is 0.308. The maximum Gasteiger partial charge on any atom is 0.369 e. The number of nitro benzene ring substituents is 1. The van der Waals surface area contributed by atoms with E-state index in [0.29, 0.717) is 0 Å². The summed E-state index contributed by atoms with van der Waals surface area (Å²) < 4.78 is 14.6. The Hall–Kier alpha value is -3.35. The van der Waals surface area contributed by atoms with Crippen LogP contribution in [-0.2, 0) is 9.53 Å². The fourth-order valence-corrected chi connectivity index (χ4v) is 1.61. The molecule has 1 aromatic carbocycles. The van der Waals surface area contributed by atoms with Crippen molar-refractivity contribution in [1.29, 1.82) is 5.26 Å². The first-order chi connectivity index (χ1) is 11.0. The van der Waals surface area contributed by atoms with Gasteiger partial charge in [-0.25, -0.2) is 4.79 Å². The van der Waals surface area contributed by atoms with Crippen LogP contribution in [0.3, 0.4) is 0 Å². The first kappa shape index (κ1) is 17.7. The zero-order valence-electron chi connectivity index (χ0n) is 12.7. The number of carbonyl (C=O) groups excluding carboxylic acids is 1. The molecule has 0 spiro atoms. The van der Waals surface area contributed by atoms with Gasteiger partial charge in [0.25, 0.3) is 0 Å². The molecule has 0 aliphatic heterocycles. The highest BCUT2D eigenvalue weighted by atomic mass is 16.6. The van der Waals surface area contributed by atoms with E-state index in [-0.39, 0.29) is 23.8 Å². The minimum atomic E-state index is -0.952. The number of nitriles is 1. The van der Waals surface area contributed by atoms with Crippen LogP contribution >= 0.6 is 0 Å². The number of nitro groups is 1. The van der Waals surface area contributed by atoms with E-state index < -0.39 is 22.3 Å². The summed E-state index contributed by atoms with van der Waals surface area (Å²) in [6.07, 6.45) is 0. The number of hydrogen-bond acceptors (Lipinski definition) is 9. The van der Waals surface area contributed by atoms with Crippen molar-refractivity contribution in [2.45, 2.75) is 6.92 Å². The van der Waals surface area contributed by atoms with E-state index in [9.17, 15) is 14.9 Å². The molecule has 1 aromatic rings. The van der Waals surface area contributed by atoms with E-state index >= 15 is 0 Å². The Morgan fingerprint density at radius 3 is 2.48 bits per heavy atom. The molecule has 1 N–H and O–H groups in total. The quantitative estimate of drug-likeness (QED) is 0.345. The molecule has 0 unspecified atom stereocenters. The van der Waals surface area contributed by atoms with Gasteiger partial charge >= 0.3 is 11.7 Å². The third kappa shape index (κ3) is 4.07. The van der Waals surface area contributed by atoms with Crippen molar-refractivity contribution in [3.63, 3.8) is 0 Å². The van der Waals surface area contributed by atoms with Crippen LogP contribution in [0.4, 0.5) is 11.4 Å². The van der Waals surface area contributed by atoms with Crippen LogP contribution in [0.25, 0.3) is 0 Å². The average Bonchev–Trinajstić information content (AvgIpc) is 2.54. The van der Waals surface area contributed by atoms with E-state index in [1.165, 1.54) is 26.4 Å². The number of hydrogen-bond donors (Lipinski definition) is 1. The van der Waals surface area contributed by atoms with Gasteiger partial charge in [0.1, 0.15) is 6.07 Å². The summed E-state index contributed by atoms with van der Waals surface area (Å²) in [4.78, 5) is 22.0. The smallest absolute Gasteiger partial charge is 0.369 e. The standard InChI is InChI=1S/C13H14N4O6/c1-4-23-13(18)8(7-14)15-16-11-9(21-2)5-6-10(22-3)12(11)17(19)20/h5-6,16H,4H2,1-3H3. The van der Waals surface area contributed by atoms with Gasteiger partial charge in [-0.05, 0) is 19.1 Å². The van der Waals surface area contributed by atoms with Gasteiger partial charge < -0.3 is 14.2 Å². The van der Waals surface area contributed by atoms with Crippen molar-refractivity contribution in [1.82, 2.24) is 0 Å². The van der Waals surface area contributed by atoms with Gasteiger partial charge in [0.2, 0.25) is 5.71 Å². The van der Waals surface area contributed by atoms with E-state index in [1.807, 2.05) is 0 Å². The number of rotatable bonds is 7. The second kappa shape index (κ2) is 8.18. The summed E-state index contributed by atoms with van der Waals surface area (Å²) >= 11 is 0. The number of methoxy groups -OCH3 is 2. The van der Waals surface area contributed by atoms with Crippen LogP contribution < -0.4 is 14.9 Å². The molecule has 122 valence electrons. The molecule has 0 aliphatic carbocycles. The molecule has 0 heterocycles. The summed E-state index contributed by atoms with van der Waals surface area (Å²) in [6, 6.07) is 4.31. The molecule has 0 atom stereocenters. The first-order valence-corrected chi connectivity index (χ1v) is 6.30. The molecule has 0 radical (unpaired) electrons. The van der Waals surface area contributed by atoms with Crippen LogP contribution in [0, 0.1) is 21.4 Å². The van der Waals surface area contributed by atoms with Gasteiger partial charge in [-0.1, -0.05) is 0 Å². The van der Waals surface area contributed by atoms with Gasteiger partial charge in [0, 0.05) is 0 Å². The highest BCUT2D eigenvalue weighted by molar-refractivity contribution is 6.43. The van der Waals surface area contributed by atoms with E-state index in [0.717, 1.165) is 0 Å². The number of ether oxygens (including phenoxy) is 3. The maximum atomic E-state index is 11.5. The molecule has 0 saturated carbocycles. The van der Waals surface area contributed by atoms with Crippen LogP contribution in [0.1, 0.15) is 6.92 Å². The van der Waals surface area contributed by atoms with Gasteiger partial charge in [0.05, 0.1) is 25.7 Å². The lowest BCUT2D eigenvalue weighted by Crippen LogP contribution is -2.17. The molecule has 0 amide bonds. The van der Waals surface area contributed by atoms with E-state index in [2.05, 4.69) is 15.3 Å². The largest absolute Gasteiger partial charge is 0.494 e. The minimum Gasteiger partial charge on any atom is -0.494 e. The Morgan fingerprint density at radius 2 is 2.00 bits per heavy atom. The minimum absolute atomic E-state index is 0.0388. The normalized spacial score (nSPS) is 10.4. The summed E-state index contributed by atoms with van der Waals surface area (Å²) in [5.74, 6) is -0.905. The molecule has 23 heavy (non-hydrogen) atoms. The number of esters is 1. The predicted molar refractivity (Wildman–Crippen MR) is 79.5 cm³/mol. The maximum absolute atomic E-state index is 11.5. The summed E-state index contributed by atoms with van der Waals surface area (Å²) in [5, 5.41) is 23.7. The number of nitrogens with zero attached hydrogens (tertiary/aromatic N) is 3. The number of carbonyl (C=O) groups is 1. The zero-order chi connectivity index (χ0) is 17.4. The van der Waals surface area contributed by atoms with Crippen molar-refractivity contribution in [2.24, 2.45) is 5.10 Å². The van der Waals surface area contributed by atoms with Crippen molar-refractivity contribution in [3.8, 4) is 17.6 Å². The third-order valence-corrected chi connectivity index (χ3v) is 2.58. The summed E-state index contributed by atoms with van der Waals surface area (Å²) in [6.45, 7) is 1.62. The van der Waals surface area contributed by atoms with Gasteiger partial charge in [-0.3, -0.25) is 15.5 Å². The van der Waals surface area contributed by atoms with Crippen LogP contribution in [-0.4, -0.2) is 37.4 Å². The molecule has 10 nitrogen and oxygen atoms in total. The predicted octanol–water partition coefficient (Wildman–Crippen LogP) is 1.47. The van der Waals surface area contributed by atoms with Crippen molar-refractivity contribution >= 4 is 23.1 Å². The van der Waals surface area contributed by atoms with Crippen LogP contribution in [0.2, 0.25) is 0 Å². The highest BCUT2D eigenvalue weighted by Crippen LogP contribution is 2.41. The second-order valence-electron chi connectivity index (χ2n) is 3.86. The molecule has 10 heteroatoms. The average molecular weight is 322 g/mol. The Balaban J connectivity index is 3.33. The van der Waals surface area contributed by atoms with Crippen molar-refractivity contribution in [3.05, 3.63) is 22.2 Å². The Labute approximate surface area is 131 Å². The fourth-order valence-electron chi connectivity index (χ4n) is 1.61. The number of anilines is 1. The number of nitrogens with one attached hydrogen (secondary N) is 1. The summed E-state index contributed by atoms with van der Waals surface area (Å²) in [5.41, 5.74) is 1.10. The Kier molecular flexibility index (Phi) is 6.30. The highest BCUT2D eigenvalue weighted by Gasteiger charge is 2.25. The van der Waals surface area contributed by atoms with Crippen molar-refractivity contribution < 1.29 is 23.9 Å². The number of benzene rings is 1. The molecular weight excluding hydrogens is 308 g/mol. The van der Waals surface area contributed by atoms with Gasteiger partial charge in [-0.2, -0.15) is 10.4 Å². The number of hydrazone groups is 1. The third-order valence-electron chi connectivity index (χ3n) is 2.58. The van der Waals surface area contributed by atoms with Crippen molar-refractivity contribution in [2.75, 3.05) is 26.3 Å². The molecule has 0 saturated heterocycles. The Bertz CT molecular complexity index is 680. The van der Waals surface area contributed by atoms with Crippen LogP contribution in [0.15, 0.2) is 17.2 Å². The lowest BCUT2D eigenvalue weighted by Gasteiger charge is -2.11. The molecular formula is C13H14N4O6. The lowest BCUT2D eigenvalue weighted by atomic mass is 10.2. The molecule has 0 aromatic heterocycles. The zero-order valence-corrected chi connectivity index (χ0v) is 12.7. The molecule has 0 fully saturated rings. The monoisotopic (exact) mass is 322 g/mol. The topological polar surface area (TPSA) is 136 Å². The lowest BCUT2D eigenvalue weighted by molar-refractivity contribution is -0.384. The van der Waals surface area contributed by atoms with Gasteiger partial charge in [0.15, 0.2) is 17.2 Å². The molecule has 1 rings (SSSR count). The molecule has 0 aliphatic rings. The SMILES string of the molecule is CCOC(=O)C(C#N)=NNc1c(OC)ccc(OC)c1[N+](=O)[O-]. The summed E-state index contributed by atoms with van der Waals surface area (Å²) in [7, 11) is 2.57. The molecule has 0 bridgehead atoms.